The predicted molar refractivity (Wildman–Crippen MR) is 37.8 cm³/mol. The maximum Gasteiger partial charge on any atom is 0.408 e. The summed E-state index contributed by atoms with van der Waals surface area (Å²) in [7, 11) is 0. The highest BCUT2D eigenvalue weighted by Gasteiger charge is 2.57. The van der Waals surface area contributed by atoms with Crippen molar-refractivity contribution in [2.24, 2.45) is 11.8 Å². The fourth-order valence-electron chi connectivity index (χ4n) is 1.98. The molecular weight excluding hydrogens is 162 g/mol. The van der Waals surface area contributed by atoms with E-state index in [0.717, 1.165) is 11.3 Å². The molecule has 1 aliphatic heterocycles. The number of fused-ring (bicyclic) bond motifs is 1. The summed E-state index contributed by atoms with van der Waals surface area (Å²) in [6.45, 7) is 0.400. The van der Waals surface area contributed by atoms with Crippen LogP contribution in [-0.4, -0.2) is 39.8 Å². The quantitative estimate of drug-likeness (QED) is 0.585. The molecule has 0 radical (unpaired) electrons. The number of nitrogens with zero attached hydrogens (tertiary/aromatic N) is 1. The van der Waals surface area contributed by atoms with Crippen molar-refractivity contribution in [3.05, 3.63) is 0 Å². The van der Waals surface area contributed by atoms with Gasteiger partial charge in [0, 0.05) is 6.54 Å². The molecule has 1 amide bonds. The van der Waals surface area contributed by atoms with Crippen molar-refractivity contribution in [1.29, 1.82) is 0 Å². The molecule has 1 saturated carbocycles. The Balaban J connectivity index is 2.16. The Hall–Kier alpha value is -1.26. The van der Waals surface area contributed by atoms with Gasteiger partial charge in [-0.05, 0) is 18.3 Å². The Bertz CT molecular complexity index is 252. The summed E-state index contributed by atoms with van der Waals surface area (Å²) in [4.78, 5) is 22.2. The second-order valence-electron chi connectivity index (χ2n) is 3.38. The lowest BCUT2D eigenvalue weighted by Gasteiger charge is -2.20. The first-order valence-corrected chi connectivity index (χ1v) is 3.83. The highest BCUT2D eigenvalue weighted by molar-refractivity contribution is 5.81. The Kier molecular flexibility index (Phi) is 1.31. The molecule has 0 spiro atoms. The van der Waals surface area contributed by atoms with Crippen LogP contribution in [0, 0.1) is 11.8 Å². The zero-order chi connectivity index (χ0) is 8.88. The van der Waals surface area contributed by atoms with Gasteiger partial charge >= 0.3 is 12.1 Å². The molecule has 1 heterocycles. The van der Waals surface area contributed by atoms with Crippen LogP contribution in [0.4, 0.5) is 4.79 Å². The molecule has 12 heavy (non-hydrogen) atoms. The van der Waals surface area contributed by atoms with Crippen molar-refractivity contribution in [1.82, 2.24) is 4.90 Å². The van der Waals surface area contributed by atoms with Crippen molar-refractivity contribution in [2.45, 2.75) is 12.5 Å². The number of carbonyl (C=O) groups is 2. The van der Waals surface area contributed by atoms with E-state index < -0.39 is 18.1 Å². The van der Waals surface area contributed by atoms with Gasteiger partial charge in [-0.2, -0.15) is 0 Å². The zero-order valence-corrected chi connectivity index (χ0v) is 6.30. The van der Waals surface area contributed by atoms with Crippen molar-refractivity contribution in [2.75, 3.05) is 6.54 Å². The van der Waals surface area contributed by atoms with E-state index in [-0.39, 0.29) is 5.92 Å². The molecule has 0 aromatic rings. The largest absolute Gasteiger partial charge is 0.480 e. The number of rotatable bonds is 1. The number of aliphatic carboxylic acids is 1. The van der Waals surface area contributed by atoms with Crippen LogP contribution >= 0.6 is 0 Å². The fraction of sp³-hybridized carbons (Fsp3) is 0.714. The number of piperidine rings is 1. The SMILES string of the molecule is O=C(O)C1C2CC2CN1C(=O)O. The molecule has 66 valence electrons. The summed E-state index contributed by atoms with van der Waals surface area (Å²) < 4.78 is 0. The van der Waals surface area contributed by atoms with Crippen molar-refractivity contribution >= 4 is 12.1 Å². The fourth-order valence-corrected chi connectivity index (χ4v) is 1.98. The summed E-state index contributed by atoms with van der Waals surface area (Å²) in [5.74, 6) is -0.622. The van der Waals surface area contributed by atoms with E-state index in [0.29, 0.717) is 12.5 Å². The first-order valence-electron chi connectivity index (χ1n) is 3.83. The smallest absolute Gasteiger partial charge is 0.408 e. The maximum atomic E-state index is 10.6. The van der Waals surface area contributed by atoms with E-state index >= 15 is 0 Å². The van der Waals surface area contributed by atoms with E-state index in [1.165, 1.54) is 0 Å². The van der Waals surface area contributed by atoms with E-state index in [4.69, 9.17) is 10.2 Å². The van der Waals surface area contributed by atoms with E-state index in [1.54, 1.807) is 0 Å². The van der Waals surface area contributed by atoms with Gasteiger partial charge in [-0.15, -0.1) is 0 Å². The highest BCUT2D eigenvalue weighted by atomic mass is 16.4. The number of carboxylic acids is 1. The standard InChI is InChI=1S/C7H9NO4/c9-6(10)5-4-1-3(4)2-8(5)7(11)12/h3-5H,1-2H2,(H,9,10)(H,11,12). The molecule has 0 bridgehead atoms. The second kappa shape index (κ2) is 2.12. The van der Waals surface area contributed by atoms with E-state index in [1.807, 2.05) is 0 Å². The van der Waals surface area contributed by atoms with Gasteiger partial charge in [-0.25, -0.2) is 9.59 Å². The van der Waals surface area contributed by atoms with Crippen LogP contribution in [0.1, 0.15) is 6.42 Å². The van der Waals surface area contributed by atoms with Crippen molar-refractivity contribution in [3.63, 3.8) is 0 Å². The van der Waals surface area contributed by atoms with Crippen LogP contribution in [0.2, 0.25) is 0 Å². The molecule has 2 N–H and O–H groups in total. The molecule has 0 aromatic carbocycles. The lowest BCUT2D eigenvalue weighted by atomic mass is 10.2. The van der Waals surface area contributed by atoms with Gasteiger partial charge in [0.15, 0.2) is 0 Å². The Morgan fingerprint density at radius 1 is 1.33 bits per heavy atom. The Morgan fingerprint density at radius 3 is 2.42 bits per heavy atom. The van der Waals surface area contributed by atoms with Gasteiger partial charge in [0.05, 0.1) is 0 Å². The van der Waals surface area contributed by atoms with Gasteiger partial charge in [0.25, 0.3) is 0 Å². The summed E-state index contributed by atoms with van der Waals surface area (Å²) in [5.41, 5.74) is 0. The topological polar surface area (TPSA) is 77.8 Å². The molecule has 2 aliphatic rings. The average molecular weight is 171 g/mol. The van der Waals surface area contributed by atoms with Gasteiger partial charge < -0.3 is 10.2 Å². The number of amides is 1. The molecule has 2 fully saturated rings. The van der Waals surface area contributed by atoms with Crippen LogP contribution in [0.5, 0.6) is 0 Å². The minimum absolute atomic E-state index is 0.0820. The predicted octanol–water partition coefficient (Wildman–Crippen LogP) is 0.0693. The monoisotopic (exact) mass is 171 g/mol. The van der Waals surface area contributed by atoms with Crippen LogP contribution in [0.25, 0.3) is 0 Å². The highest BCUT2D eigenvalue weighted by Crippen LogP contribution is 2.49. The number of hydrogen-bond acceptors (Lipinski definition) is 2. The Labute approximate surface area is 68.6 Å². The van der Waals surface area contributed by atoms with Crippen molar-refractivity contribution in [3.8, 4) is 0 Å². The third kappa shape index (κ3) is 0.855. The molecule has 3 unspecified atom stereocenters. The number of hydrogen-bond donors (Lipinski definition) is 2. The third-order valence-electron chi connectivity index (χ3n) is 2.65. The molecule has 0 aromatic heterocycles. The average Bonchev–Trinajstić information content (AvgIpc) is 2.60. The summed E-state index contributed by atoms with van der Waals surface area (Å²) >= 11 is 0. The molecule has 5 nitrogen and oxygen atoms in total. The summed E-state index contributed by atoms with van der Waals surface area (Å²) in [6.07, 6.45) is -0.240. The Morgan fingerprint density at radius 2 is 2.00 bits per heavy atom. The van der Waals surface area contributed by atoms with Gasteiger partial charge in [0.1, 0.15) is 6.04 Å². The molecule has 2 rings (SSSR count). The molecule has 3 atom stereocenters. The van der Waals surface area contributed by atoms with Crippen molar-refractivity contribution < 1.29 is 19.8 Å². The molecule has 1 aliphatic carbocycles. The van der Waals surface area contributed by atoms with Crippen LogP contribution in [0.15, 0.2) is 0 Å². The number of likely N-dealkylation sites (tertiary alicyclic amines) is 1. The summed E-state index contributed by atoms with van der Waals surface area (Å²) in [5, 5.41) is 17.4. The van der Waals surface area contributed by atoms with Gasteiger partial charge in [-0.3, -0.25) is 4.90 Å². The second-order valence-corrected chi connectivity index (χ2v) is 3.38. The lowest BCUT2D eigenvalue weighted by molar-refractivity contribution is -0.142. The zero-order valence-electron chi connectivity index (χ0n) is 6.30. The van der Waals surface area contributed by atoms with Gasteiger partial charge in [0.2, 0.25) is 0 Å². The molecular formula is C7H9NO4. The van der Waals surface area contributed by atoms with E-state index in [2.05, 4.69) is 0 Å². The van der Waals surface area contributed by atoms with Crippen LogP contribution < -0.4 is 0 Å². The minimum atomic E-state index is -1.12. The molecule has 1 saturated heterocycles. The first-order chi connectivity index (χ1) is 5.61. The summed E-state index contributed by atoms with van der Waals surface area (Å²) in [6, 6.07) is -0.785. The lowest BCUT2D eigenvalue weighted by Crippen LogP contribution is -2.42. The van der Waals surface area contributed by atoms with Crippen LogP contribution in [-0.2, 0) is 4.79 Å². The third-order valence-corrected chi connectivity index (χ3v) is 2.65. The normalized spacial score (nSPS) is 37.7. The molecule has 5 heteroatoms. The first kappa shape index (κ1) is 7.39. The van der Waals surface area contributed by atoms with Crippen LogP contribution in [0.3, 0.4) is 0 Å². The minimum Gasteiger partial charge on any atom is -0.480 e. The maximum absolute atomic E-state index is 10.6. The van der Waals surface area contributed by atoms with Gasteiger partial charge in [-0.1, -0.05) is 0 Å². The number of carboxylic acid groups (broad SMARTS) is 2. The van der Waals surface area contributed by atoms with E-state index in [9.17, 15) is 9.59 Å².